The highest BCUT2D eigenvalue weighted by Gasteiger charge is 2.17. The van der Waals surface area contributed by atoms with Crippen molar-refractivity contribution >= 4 is 11.6 Å². The first-order chi connectivity index (χ1) is 11.9. The molecule has 2 rings (SSSR count). The van der Waals surface area contributed by atoms with Crippen LogP contribution in [0.1, 0.15) is 37.8 Å². The summed E-state index contributed by atoms with van der Waals surface area (Å²) in [5, 5.41) is 2.94. The second kappa shape index (κ2) is 8.56. The Hall–Kier alpha value is -2.49. The number of hydrogen-bond donors (Lipinski definition) is 1. The smallest absolute Gasteiger partial charge is 0.231 e. The number of nitrogens with one attached hydrogen (secondary N) is 1. The third kappa shape index (κ3) is 4.99. The summed E-state index contributed by atoms with van der Waals surface area (Å²) in [7, 11) is 3.17. The highest BCUT2D eigenvalue weighted by molar-refractivity contribution is 5.97. The molecule has 0 fully saturated rings. The molecule has 1 amide bonds. The minimum atomic E-state index is -0.260. The van der Waals surface area contributed by atoms with Gasteiger partial charge in [0.2, 0.25) is 5.91 Å². The summed E-state index contributed by atoms with van der Waals surface area (Å²) in [4.78, 5) is 12.6. The number of carbonyl (C=O) groups excluding carboxylic acids is 1. The normalized spacial score (nSPS) is 11.9. The van der Waals surface area contributed by atoms with Gasteiger partial charge in [-0.15, -0.1) is 0 Å². The van der Waals surface area contributed by atoms with E-state index in [1.807, 2.05) is 19.1 Å². The minimum Gasteiger partial charge on any atom is -0.497 e. The first-order valence-electron chi connectivity index (χ1n) is 8.56. The van der Waals surface area contributed by atoms with E-state index in [4.69, 9.17) is 9.47 Å². The Bertz CT molecular complexity index is 708. The van der Waals surface area contributed by atoms with Crippen LogP contribution in [0.5, 0.6) is 11.5 Å². The Balaban J connectivity index is 2.12. The van der Waals surface area contributed by atoms with Crippen molar-refractivity contribution in [3.63, 3.8) is 0 Å². The van der Waals surface area contributed by atoms with E-state index in [1.165, 1.54) is 5.56 Å². The van der Waals surface area contributed by atoms with Crippen molar-refractivity contribution in [3.05, 3.63) is 53.6 Å². The van der Waals surface area contributed by atoms with Gasteiger partial charge in [-0.2, -0.15) is 0 Å². The summed E-state index contributed by atoms with van der Waals surface area (Å²) in [5.41, 5.74) is 2.89. The maximum atomic E-state index is 12.6. The molecule has 0 aliphatic heterocycles. The average Bonchev–Trinajstić information content (AvgIpc) is 2.61. The van der Waals surface area contributed by atoms with Gasteiger partial charge in [0.1, 0.15) is 11.5 Å². The number of benzene rings is 2. The standard InChI is InChI=1S/C21H27NO3/c1-14(2)12-16-6-8-17(9-7-16)15(3)21(23)22-19-13-18(24-4)10-11-20(19)25-5/h6-11,13-15H,12H2,1-5H3,(H,22,23). The zero-order valence-corrected chi connectivity index (χ0v) is 15.6. The van der Waals surface area contributed by atoms with Gasteiger partial charge in [0.25, 0.3) is 0 Å². The lowest BCUT2D eigenvalue weighted by Crippen LogP contribution is -2.19. The molecule has 0 aliphatic carbocycles. The monoisotopic (exact) mass is 341 g/mol. The van der Waals surface area contributed by atoms with E-state index in [9.17, 15) is 4.79 Å². The molecule has 1 unspecified atom stereocenters. The molecular weight excluding hydrogens is 314 g/mol. The van der Waals surface area contributed by atoms with Crippen molar-refractivity contribution < 1.29 is 14.3 Å². The van der Waals surface area contributed by atoms with Crippen LogP contribution in [0, 0.1) is 5.92 Å². The molecule has 1 N–H and O–H groups in total. The second-order valence-corrected chi connectivity index (χ2v) is 6.62. The Morgan fingerprint density at radius 3 is 2.24 bits per heavy atom. The third-order valence-electron chi connectivity index (χ3n) is 4.18. The van der Waals surface area contributed by atoms with Crippen LogP contribution in [0.3, 0.4) is 0 Å². The molecule has 0 bridgehead atoms. The van der Waals surface area contributed by atoms with Gasteiger partial charge < -0.3 is 14.8 Å². The lowest BCUT2D eigenvalue weighted by atomic mass is 9.96. The van der Waals surface area contributed by atoms with Crippen LogP contribution in [-0.2, 0) is 11.2 Å². The number of amides is 1. The van der Waals surface area contributed by atoms with Crippen molar-refractivity contribution in [2.45, 2.75) is 33.1 Å². The van der Waals surface area contributed by atoms with Crippen molar-refractivity contribution in [2.24, 2.45) is 5.92 Å². The fourth-order valence-electron chi connectivity index (χ4n) is 2.72. The van der Waals surface area contributed by atoms with E-state index in [-0.39, 0.29) is 11.8 Å². The number of rotatable bonds is 7. The number of anilines is 1. The molecule has 2 aromatic rings. The zero-order chi connectivity index (χ0) is 18.4. The predicted molar refractivity (Wildman–Crippen MR) is 102 cm³/mol. The van der Waals surface area contributed by atoms with E-state index in [2.05, 4.69) is 31.3 Å². The third-order valence-corrected chi connectivity index (χ3v) is 4.18. The van der Waals surface area contributed by atoms with Crippen molar-refractivity contribution in [1.29, 1.82) is 0 Å². The van der Waals surface area contributed by atoms with Crippen LogP contribution in [0.15, 0.2) is 42.5 Å². The summed E-state index contributed by atoms with van der Waals surface area (Å²) < 4.78 is 10.5. The Kier molecular flexibility index (Phi) is 6.45. The maximum Gasteiger partial charge on any atom is 0.231 e. The molecule has 4 heteroatoms. The summed E-state index contributed by atoms with van der Waals surface area (Å²) in [5.74, 6) is 1.55. The van der Waals surface area contributed by atoms with Crippen LogP contribution in [0.2, 0.25) is 0 Å². The predicted octanol–water partition coefficient (Wildman–Crippen LogP) is 4.64. The average molecular weight is 341 g/mol. The Morgan fingerprint density at radius 1 is 1.00 bits per heavy atom. The molecule has 4 nitrogen and oxygen atoms in total. The number of ether oxygens (including phenoxy) is 2. The molecule has 2 aromatic carbocycles. The first kappa shape index (κ1) is 18.8. The van der Waals surface area contributed by atoms with E-state index < -0.39 is 0 Å². The number of carbonyl (C=O) groups is 1. The van der Waals surface area contributed by atoms with E-state index in [1.54, 1.807) is 32.4 Å². The van der Waals surface area contributed by atoms with Crippen LogP contribution in [0.4, 0.5) is 5.69 Å². The van der Waals surface area contributed by atoms with E-state index in [0.29, 0.717) is 23.1 Å². The van der Waals surface area contributed by atoms with Crippen LogP contribution in [0.25, 0.3) is 0 Å². The molecule has 0 aromatic heterocycles. The Labute approximate surface area is 150 Å². The van der Waals surface area contributed by atoms with Crippen molar-refractivity contribution in [2.75, 3.05) is 19.5 Å². The first-order valence-corrected chi connectivity index (χ1v) is 8.56. The van der Waals surface area contributed by atoms with Gasteiger partial charge in [0.15, 0.2) is 0 Å². The van der Waals surface area contributed by atoms with E-state index in [0.717, 1.165) is 12.0 Å². The van der Waals surface area contributed by atoms with Gasteiger partial charge in [-0.3, -0.25) is 4.79 Å². The van der Waals surface area contributed by atoms with Crippen molar-refractivity contribution in [3.8, 4) is 11.5 Å². The molecule has 0 saturated carbocycles. The molecule has 0 heterocycles. The van der Waals surface area contributed by atoms with Crippen LogP contribution >= 0.6 is 0 Å². The topological polar surface area (TPSA) is 47.6 Å². The summed E-state index contributed by atoms with van der Waals surface area (Å²) in [6, 6.07) is 13.6. The quantitative estimate of drug-likeness (QED) is 0.798. The summed E-state index contributed by atoms with van der Waals surface area (Å²) in [6.45, 7) is 6.30. The van der Waals surface area contributed by atoms with Gasteiger partial charge in [0.05, 0.1) is 25.8 Å². The van der Waals surface area contributed by atoms with Gasteiger partial charge in [-0.25, -0.2) is 0 Å². The SMILES string of the molecule is COc1ccc(OC)c(NC(=O)C(C)c2ccc(CC(C)C)cc2)c1. The fraction of sp³-hybridized carbons (Fsp3) is 0.381. The van der Waals surface area contributed by atoms with Crippen LogP contribution < -0.4 is 14.8 Å². The molecule has 0 saturated heterocycles. The zero-order valence-electron chi connectivity index (χ0n) is 15.6. The van der Waals surface area contributed by atoms with Gasteiger partial charge in [0, 0.05) is 6.07 Å². The van der Waals surface area contributed by atoms with Gasteiger partial charge in [-0.1, -0.05) is 38.1 Å². The summed E-state index contributed by atoms with van der Waals surface area (Å²) >= 11 is 0. The molecular formula is C21H27NO3. The molecule has 0 spiro atoms. The highest BCUT2D eigenvalue weighted by atomic mass is 16.5. The summed E-state index contributed by atoms with van der Waals surface area (Å²) in [6.07, 6.45) is 1.04. The lowest BCUT2D eigenvalue weighted by molar-refractivity contribution is -0.117. The molecule has 134 valence electrons. The van der Waals surface area contributed by atoms with Crippen LogP contribution in [-0.4, -0.2) is 20.1 Å². The largest absolute Gasteiger partial charge is 0.497 e. The number of methoxy groups -OCH3 is 2. The highest BCUT2D eigenvalue weighted by Crippen LogP contribution is 2.30. The molecule has 0 aliphatic rings. The van der Waals surface area contributed by atoms with Gasteiger partial charge >= 0.3 is 0 Å². The lowest BCUT2D eigenvalue weighted by Gasteiger charge is -2.16. The molecule has 0 radical (unpaired) electrons. The van der Waals surface area contributed by atoms with E-state index >= 15 is 0 Å². The fourth-order valence-corrected chi connectivity index (χ4v) is 2.72. The second-order valence-electron chi connectivity index (χ2n) is 6.62. The maximum absolute atomic E-state index is 12.6. The number of hydrogen-bond acceptors (Lipinski definition) is 3. The Morgan fingerprint density at radius 2 is 1.68 bits per heavy atom. The molecule has 25 heavy (non-hydrogen) atoms. The van der Waals surface area contributed by atoms with Crippen molar-refractivity contribution in [1.82, 2.24) is 0 Å². The minimum absolute atomic E-state index is 0.0804. The van der Waals surface area contributed by atoms with Gasteiger partial charge in [-0.05, 0) is 42.5 Å². The molecule has 1 atom stereocenters.